The summed E-state index contributed by atoms with van der Waals surface area (Å²) in [6, 6.07) is 15.3. The lowest BCUT2D eigenvalue weighted by Gasteiger charge is -2.24. The highest BCUT2D eigenvalue weighted by molar-refractivity contribution is 8.17. The quantitative estimate of drug-likeness (QED) is 0.701. The molecule has 0 bridgehead atoms. The van der Waals surface area contributed by atoms with Crippen molar-refractivity contribution in [1.29, 1.82) is 0 Å². The number of carbonyl (C=O) groups excluding carboxylic acids is 1. The van der Waals surface area contributed by atoms with Crippen LogP contribution in [0.2, 0.25) is 0 Å². The van der Waals surface area contributed by atoms with Crippen LogP contribution >= 0.6 is 23.5 Å². The highest BCUT2D eigenvalue weighted by atomic mass is 32.2. The number of alkyl carbamates (subject to hydrolysis) is 1. The molecule has 1 atom stereocenters. The fraction of sp³-hybridized carbons (Fsp3) is 0.364. The summed E-state index contributed by atoms with van der Waals surface area (Å²) in [4.78, 5) is 24.0. The van der Waals surface area contributed by atoms with Crippen molar-refractivity contribution in [2.24, 2.45) is 0 Å². The number of fused-ring (bicyclic) bond motifs is 3. The lowest BCUT2D eigenvalue weighted by Crippen LogP contribution is -2.43. The van der Waals surface area contributed by atoms with Gasteiger partial charge < -0.3 is 15.2 Å². The maximum absolute atomic E-state index is 12.4. The standard InChI is InChI=1S/C22H23NO4S2/c24-21(25)19(12-20-28-10-5-11-29-20)23-22(26)27-13-18-16-8-3-1-6-14(16)15-7-2-4-9-17(15)18/h1-4,6-9,18-20H,5,10-13H2,(H,23,26)(H,24,25)/t19-/m1/s1. The van der Waals surface area contributed by atoms with E-state index in [4.69, 9.17) is 4.74 Å². The predicted molar refractivity (Wildman–Crippen MR) is 118 cm³/mol. The molecule has 4 rings (SSSR count). The summed E-state index contributed by atoms with van der Waals surface area (Å²) in [6.07, 6.45) is 0.864. The zero-order valence-corrected chi connectivity index (χ0v) is 17.5. The molecule has 1 aliphatic carbocycles. The predicted octanol–water partition coefficient (Wildman–Crippen LogP) is 4.56. The van der Waals surface area contributed by atoms with Crippen LogP contribution < -0.4 is 5.32 Å². The van der Waals surface area contributed by atoms with E-state index in [-0.39, 0.29) is 17.1 Å². The van der Waals surface area contributed by atoms with Crippen molar-refractivity contribution in [2.75, 3.05) is 18.1 Å². The van der Waals surface area contributed by atoms with Gasteiger partial charge in [0.05, 0.1) is 4.58 Å². The van der Waals surface area contributed by atoms with E-state index >= 15 is 0 Å². The minimum atomic E-state index is -1.02. The Morgan fingerprint density at radius 3 is 2.21 bits per heavy atom. The van der Waals surface area contributed by atoms with Gasteiger partial charge in [0.15, 0.2) is 0 Å². The summed E-state index contributed by atoms with van der Waals surface area (Å²) < 4.78 is 5.68. The van der Waals surface area contributed by atoms with Crippen LogP contribution in [0.4, 0.5) is 4.79 Å². The maximum Gasteiger partial charge on any atom is 0.407 e. The van der Waals surface area contributed by atoms with E-state index in [2.05, 4.69) is 29.6 Å². The molecular formula is C22H23NO4S2. The highest BCUT2D eigenvalue weighted by Gasteiger charge is 2.30. The highest BCUT2D eigenvalue weighted by Crippen LogP contribution is 2.44. The van der Waals surface area contributed by atoms with E-state index < -0.39 is 18.1 Å². The van der Waals surface area contributed by atoms with Gasteiger partial charge in [-0.05, 0) is 46.6 Å². The van der Waals surface area contributed by atoms with Gasteiger partial charge in [0.1, 0.15) is 12.6 Å². The Labute approximate surface area is 178 Å². The number of hydrogen-bond acceptors (Lipinski definition) is 5. The fourth-order valence-corrected chi connectivity index (χ4v) is 6.82. The van der Waals surface area contributed by atoms with Crippen LogP contribution in [-0.4, -0.2) is 45.9 Å². The Kier molecular flexibility index (Phi) is 6.35. The van der Waals surface area contributed by atoms with Crippen LogP contribution in [-0.2, 0) is 9.53 Å². The maximum atomic E-state index is 12.4. The van der Waals surface area contributed by atoms with Crippen molar-refractivity contribution >= 4 is 35.6 Å². The molecule has 0 spiro atoms. The lowest BCUT2D eigenvalue weighted by molar-refractivity contribution is -0.139. The van der Waals surface area contributed by atoms with Gasteiger partial charge in [-0.1, -0.05) is 48.5 Å². The first-order valence-corrected chi connectivity index (χ1v) is 11.8. The molecule has 0 unspecified atom stereocenters. The summed E-state index contributed by atoms with van der Waals surface area (Å²) in [7, 11) is 0. The van der Waals surface area contributed by atoms with E-state index in [0.717, 1.165) is 40.2 Å². The number of aliphatic carboxylic acids is 1. The van der Waals surface area contributed by atoms with Gasteiger partial charge in [0.25, 0.3) is 0 Å². The third-order valence-corrected chi connectivity index (χ3v) is 8.25. The average molecular weight is 430 g/mol. The third kappa shape index (κ3) is 4.56. The summed E-state index contributed by atoms with van der Waals surface area (Å²) in [5.74, 6) is 1.01. The third-order valence-electron chi connectivity index (χ3n) is 5.26. The molecule has 1 amide bonds. The van der Waals surface area contributed by atoms with Crippen molar-refractivity contribution in [1.82, 2.24) is 5.32 Å². The molecule has 2 aliphatic rings. The van der Waals surface area contributed by atoms with Gasteiger partial charge in [0.2, 0.25) is 0 Å². The molecule has 152 valence electrons. The molecular weight excluding hydrogens is 406 g/mol. The Morgan fingerprint density at radius 1 is 1.03 bits per heavy atom. The topological polar surface area (TPSA) is 75.6 Å². The van der Waals surface area contributed by atoms with Crippen LogP contribution in [0.3, 0.4) is 0 Å². The second-order valence-corrected chi connectivity index (χ2v) is 10.0. The second kappa shape index (κ2) is 9.13. The molecule has 5 nitrogen and oxygen atoms in total. The Bertz CT molecular complexity index is 852. The van der Waals surface area contributed by atoms with Gasteiger partial charge in [0, 0.05) is 5.92 Å². The number of carboxylic acids is 1. The first-order valence-electron chi connectivity index (χ1n) is 9.71. The molecule has 2 aromatic rings. The number of ether oxygens (including phenoxy) is 1. The van der Waals surface area contributed by atoms with E-state index in [1.165, 1.54) is 0 Å². The van der Waals surface area contributed by atoms with Crippen LogP contribution in [0.5, 0.6) is 0 Å². The number of carbonyl (C=O) groups is 2. The van der Waals surface area contributed by atoms with Crippen molar-refractivity contribution in [3.05, 3.63) is 59.7 Å². The van der Waals surface area contributed by atoms with Crippen molar-refractivity contribution in [2.45, 2.75) is 29.4 Å². The molecule has 29 heavy (non-hydrogen) atoms. The Balaban J connectivity index is 1.39. The van der Waals surface area contributed by atoms with Crippen LogP contribution in [0.1, 0.15) is 29.9 Å². The van der Waals surface area contributed by atoms with Crippen molar-refractivity contribution in [3.8, 4) is 11.1 Å². The lowest BCUT2D eigenvalue weighted by atomic mass is 9.98. The normalized spacial score (nSPS) is 17.2. The molecule has 1 saturated heterocycles. The van der Waals surface area contributed by atoms with Gasteiger partial charge >= 0.3 is 12.1 Å². The van der Waals surface area contributed by atoms with Gasteiger partial charge in [-0.3, -0.25) is 0 Å². The number of hydrogen-bond donors (Lipinski definition) is 2. The molecule has 2 N–H and O–H groups in total. The number of nitrogens with one attached hydrogen (secondary N) is 1. The van der Waals surface area contributed by atoms with Gasteiger partial charge in [-0.25, -0.2) is 9.59 Å². The number of amides is 1. The first kappa shape index (κ1) is 20.2. The largest absolute Gasteiger partial charge is 0.480 e. The molecule has 1 aliphatic heterocycles. The van der Waals surface area contributed by atoms with E-state index in [0.29, 0.717) is 6.42 Å². The molecule has 0 aromatic heterocycles. The number of benzene rings is 2. The zero-order chi connectivity index (χ0) is 20.2. The summed E-state index contributed by atoms with van der Waals surface area (Å²) >= 11 is 3.52. The van der Waals surface area contributed by atoms with E-state index in [1.807, 2.05) is 24.3 Å². The first-order chi connectivity index (χ1) is 14.1. The molecule has 1 fully saturated rings. The number of thioether (sulfide) groups is 2. The van der Waals surface area contributed by atoms with Gasteiger partial charge in [-0.15, -0.1) is 23.5 Å². The van der Waals surface area contributed by atoms with Crippen LogP contribution in [0, 0.1) is 0 Å². The number of rotatable bonds is 6. The SMILES string of the molecule is O=C(N[C@H](CC1SCCCS1)C(=O)O)OCC1c2ccccc2-c2ccccc21. The van der Waals surface area contributed by atoms with Crippen LogP contribution in [0.25, 0.3) is 11.1 Å². The minimum absolute atomic E-state index is 0.0408. The molecule has 0 saturated carbocycles. The summed E-state index contributed by atoms with van der Waals surface area (Å²) in [6.45, 7) is 0.180. The average Bonchev–Trinajstić information content (AvgIpc) is 3.06. The smallest absolute Gasteiger partial charge is 0.407 e. The molecule has 0 radical (unpaired) electrons. The zero-order valence-electron chi connectivity index (χ0n) is 15.9. The summed E-state index contributed by atoms with van der Waals surface area (Å²) in [5, 5.41) is 12.1. The summed E-state index contributed by atoms with van der Waals surface area (Å²) in [5.41, 5.74) is 4.58. The Hall–Kier alpha value is -2.12. The van der Waals surface area contributed by atoms with Crippen LogP contribution in [0.15, 0.2) is 48.5 Å². The molecule has 2 aromatic carbocycles. The number of carboxylic acid groups (broad SMARTS) is 1. The van der Waals surface area contributed by atoms with E-state index in [1.54, 1.807) is 23.5 Å². The monoisotopic (exact) mass is 429 g/mol. The fourth-order valence-electron chi connectivity index (χ4n) is 3.87. The van der Waals surface area contributed by atoms with Crippen molar-refractivity contribution < 1.29 is 19.4 Å². The molecule has 1 heterocycles. The van der Waals surface area contributed by atoms with Crippen molar-refractivity contribution in [3.63, 3.8) is 0 Å². The molecule has 7 heteroatoms. The Morgan fingerprint density at radius 2 is 1.62 bits per heavy atom. The van der Waals surface area contributed by atoms with E-state index in [9.17, 15) is 14.7 Å². The minimum Gasteiger partial charge on any atom is -0.480 e. The second-order valence-electron chi connectivity index (χ2n) is 7.12. The van der Waals surface area contributed by atoms with Gasteiger partial charge in [-0.2, -0.15) is 0 Å².